The summed E-state index contributed by atoms with van der Waals surface area (Å²) in [6.45, 7) is 0. The van der Waals surface area contributed by atoms with Crippen LogP contribution < -0.4 is 0 Å². The van der Waals surface area contributed by atoms with Crippen molar-refractivity contribution in [2.24, 2.45) is 0 Å². The Morgan fingerprint density at radius 1 is 0.875 bits per heavy atom. The van der Waals surface area contributed by atoms with Crippen LogP contribution in [0.25, 0.3) is 21.8 Å². The second-order valence-corrected chi connectivity index (χ2v) is 3.70. The van der Waals surface area contributed by atoms with Gasteiger partial charge >= 0.3 is 0 Å². The molecule has 0 bridgehead atoms. The predicted octanol–water partition coefficient (Wildman–Crippen LogP) is 3.26. The van der Waals surface area contributed by atoms with Gasteiger partial charge in [0.05, 0.1) is 22.7 Å². The van der Waals surface area contributed by atoms with E-state index in [4.69, 9.17) is 5.26 Å². The Hall–Kier alpha value is -2.40. The number of rotatable bonds is 0. The molecule has 1 heterocycles. The van der Waals surface area contributed by atoms with E-state index in [1.807, 2.05) is 42.5 Å². The molecule has 1 aromatic heterocycles. The Morgan fingerprint density at radius 2 is 1.69 bits per heavy atom. The predicted molar refractivity (Wildman–Crippen MR) is 64.0 cm³/mol. The highest BCUT2D eigenvalue weighted by molar-refractivity contribution is 5.93. The summed E-state index contributed by atoms with van der Waals surface area (Å²) in [5, 5.41) is 11.0. The maximum atomic E-state index is 8.83. The van der Waals surface area contributed by atoms with E-state index in [1.54, 1.807) is 0 Å². The van der Waals surface area contributed by atoms with Crippen LogP contribution >= 0.6 is 0 Å². The summed E-state index contributed by atoms with van der Waals surface area (Å²) in [5.74, 6) is 0. The lowest BCUT2D eigenvalue weighted by molar-refractivity contribution is 1.46. The summed E-state index contributed by atoms with van der Waals surface area (Å²) in [5.41, 5.74) is 2.48. The van der Waals surface area contributed by atoms with Crippen molar-refractivity contribution < 1.29 is 0 Å². The van der Waals surface area contributed by atoms with Crippen molar-refractivity contribution in [3.63, 3.8) is 0 Å². The number of pyridine rings is 1. The highest BCUT2D eigenvalue weighted by atomic mass is 14.7. The third kappa shape index (κ3) is 1.31. The molecule has 0 aliphatic heterocycles. The van der Waals surface area contributed by atoms with E-state index >= 15 is 0 Å². The second-order valence-electron chi connectivity index (χ2n) is 3.70. The number of para-hydroxylation sites is 1. The molecule has 0 N–H and O–H groups in total. The van der Waals surface area contributed by atoms with Gasteiger partial charge in [-0.3, -0.25) is 0 Å². The molecule has 74 valence electrons. The van der Waals surface area contributed by atoms with Crippen LogP contribution in [0.2, 0.25) is 0 Å². The average molecular weight is 204 g/mol. The standard InChI is InChI=1S/C14H8N2/c15-9-10-5-6-12-8-11-3-1-2-4-13(11)16-14(12)7-10/h1-8H. The first-order valence-electron chi connectivity index (χ1n) is 5.06. The van der Waals surface area contributed by atoms with Crippen LogP contribution in [0.5, 0.6) is 0 Å². The topological polar surface area (TPSA) is 36.7 Å². The normalized spacial score (nSPS) is 10.4. The van der Waals surface area contributed by atoms with Gasteiger partial charge in [0.1, 0.15) is 0 Å². The number of hydrogen-bond donors (Lipinski definition) is 0. The number of nitriles is 1. The second kappa shape index (κ2) is 3.32. The molecule has 0 radical (unpaired) electrons. The lowest BCUT2D eigenvalue weighted by Crippen LogP contribution is -1.83. The minimum Gasteiger partial charge on any atom is -0.248 e. The van der Waals surface area contributed by atoms with Gasteiger partial charge in [-0.2, -0.15) is 5.26 Å². The van der Waals surface area contributed by atoms with Crippen molar-refractivity contribution in [1.82, 2.24) is 4.98 Å². The van der Waals surface area contributed by atoms with Crippen LogP contribution in [-0.2, 0) is 0 Å². The Kier molecular flexibility index (Phi) is 1.84. The molecule has 2 aromatic carbocycles. The first kappa shape index (κ1) is 8.87. The van der Waals surface area contributed by atoms with Crippen molar-refractivity contribution in [1.29, 1.82) is 5.26 Å². The molecule has 16 heavy (non-hydrogen) atoms. The molecule has 2 heteroatoms. The van der Waals surface area contributed by atoms with E-state index < -0.39 is 0 Å². The highest BCUT2D eigenvalue weighted by Gasteiger charge is 2.00. The van der Waals surface area contributed by atoms with Crippen molar-refractivity contribution in [2.45, 2.75) is 0 Å². The Labute approximate surface area is 92.8 Å². The SMILES string of the molecule is N#Cc1ccc2cc3ccccc3nc2c1. The molecule has 0 unspecified atom stereocenters. The fourth-order valence-corrected chi connectivity index (χ4v) is 1.84. The van der Waals surface area contributed by atoms with Crippen LogP contribution in [0.1, 0.15) is 5.56 Å². The van der Waals surface area contributed by atoms with Crippen LogP contribution in [0.3, 0.4) is 0 Å². The molecule has 0 atom stereocenters. The van der Waals surface area contributed by atoms with Gasteiger partial charge in [0.2, 0.25) is 0 Å². The van der Waals surface area contributed by atoms with Crippen molar-refractivity contribution >= 4 is 21.8 Å². The van der Waals surface area contributed by atoms with Crippen molar-refractivity contribution in [3.05, 3.63) is 54.1 Å². The third-order valence-electron chi connectivity index (χ3n) is 2.65. The summed E-state index contributed by atoms with van der Waals surface area (Å²) < 4.78 is 0. The van der Waals surface area contributed by atoms with E-state index in [0.717, 1.165) is 21.8 Å². The first-order chi connectivity index (χ1) is 7.86. The summed E-state index contributed by atoms with van der Waals surface area (Å²) in [7, 11) is 0. The molecule has 2 nitrogen and oxygen atoms in total. The van der Waals surface area contributed by atoms with Gasteiger partial charge in [-0.1, -0.05) is 24.3 Å². The van der Waals surface area contributed by atoms with Crippen LogP contribution in [0, 0.1) is 11.3 Å². The molecular formula is C14H8N2. The molecule has 0 fully saturated rings. The molecule has 0 saturated carbocycles. The first-order valence-corrected chi connectivity index (χ1v) is 5.06. The van der Waals surface area contributed by atoms with Crippen LogP contribution in [0.4, 0.5) is 0 Å². The lowest BCUT2D eigenvalue weighted by atomic mass is 10.1. The molecule has 0 aliphatic rings. The zero-order chi connectivity index (χ0) is 11.0. The van der Waals surface area contributed by atoms with Gasteiger partial charge in [-0.25, -0.2) is 4.98 Å². The third-order valence-corrected chi connectivity index (χ3v) is 2.65. The number of fused-ring (bicyclic) bond motifs is 2. The van der Waals surface area contributed by atoms with E-state index in [1.165, 1.54) is 0 Å². The summed E-state index contributed by atoms with van der Waals surface area (Å²) in [6, 6.07) is 17.8. The highest BCUT2D eigenvalue weighted by Crippen LogP contribution is 2.20. The number of benzene rings is 2. The molecule has 0 saturated heterocycles. The molecule has 0 spiro atoms. The lowest BCUT2D eigenvalue weighted by Gasteiger charge is -2.01. The fraction of sp³-hybridized carbons (Fsp3) is 0. The number of aromatic nitrogens is 1. The van der Waals surface area contributed by atoms with Crippen LogP contribution in [0.15, 0.2) is 48.5 Å². The van der Waals surface area contributed by atoms with Gasteiger partial charge in [-0.05, 0) is 24.3 Å². The zero-order valence-corrected chi connectivity index (χ0v) is 8.51. The molecule has 3 aromatic rings. The van der Waals surface area contributed by atoms with Gasteiger partial charge < -0.3 is 0 Å². The molecule has 0 aliphatic carbocycles. The molecule has 3 rings (SSSR count). The van der Waals surface area contributed by atoms with Gasteiger partial charge in [0.25, 0.3) is 0 Å². The molecule has 0 amide bonds. The van der Waals surface area contributed by atoms with Crippen molar-refractivity contribution in [2.75, 3.05) is 0 Å². The zero-order valence-electron chi connectivity index (χ0n) is 8.51. The number of hydrogen-bond acceptors (Lipinski definition) is 2. The quantitative estimate of drug-likeness (QED) is 0.527. The average Bonchev–Trinajstić information content (AvgIpc) is 2.35. The van der Waals surface area contributed by atoms with Crippen molar-refractivity contribution in [3.8, 4) is 6.07 Å². The van der Waals surface area contributed by atoms with Gasteiger partial charge in [-0.15, -0.1) is 0 Å². The van der Waals surface area contributed by atoms with E-state index in [9.17, 15) is 0 Å². The van der Waals surface area contributed by atoms with E-state index in [-0.39, 0.29) is 0 Å². The fourth-order valence-electron chi connectivity index (χ4n) is 1.84. The Bertz CT molecular complexity index is 723. The summed E-state index contributed by atoms with van der Waals surface area (Å²) in [6.07, 6.45) is 0. The van der Waals surface area contributed by atoms with Gasteiger partial charge in [0.15, 0.2) is 0 Å². The minimum absolute atomic E-state index is 0.648. The molecular weight excluding hydrogens is 196 g/mol. The number of nitrogens with zero attached hydrogens (tertiary/aromatic N) is 2. The Balaban J connectivity index is 2.43. The van der Waals surface area contributed by atoms with E-state index in [2.05, 4.69) is 17.1 Å². The Morgan fingerprint density at radius 3 is 2.56 bits per heavy atom. The maximum Gasteiger partial charge on any atom is 0.0992 e. The largest absolute Gasteiger partial charge is 0.248 e. The van der Waals surface area contributed by atoms with Crippen LogP contribution in [-0.4, -0.2) is 4.98 Å². The monoisotopic (exact) mass is 204 g/mol. The van der Waals surface area contributed by atoms with Gasteiger partial charge in [0, 0.05) is 10.8 Å². The summed E-state index contributed by atoms with van der Waals surface area (Å²) >= 11 is 0. The maximum absolute atomic E-state index is 8.83. The summed E-state index contributed by atoms with van der Waals surface area (Å²) in [4.78, 5) is 4.54. The minimum atomic E-state index is 0.648. The van der Waals surface area contributed by atoms with E-state index in [0.29, 0.717) is 5.56 Å². The smallest absolute Gasteiger partial charge is 0.0992 e.